The molecule has 1 aromatic carbocycles. The molecule has 1 aromatic heterocycles. The first-order chi connectivity index (χ1) is 8.65. The summed E-state index contributed by atoms with van der Waals surface area (Å²) in [7, 11) is 3.81. The van der Waals surface area contributed by atoms with Crippen molar-refractivity contribution in [1.82, 2.24) is 4.57 Å². The van der Waals surface area contributed by atoms with E-state index in [-0.39, 0.29) is 5.91 Å². The fraction of sp³-hybridized carbons (Fsp3) is 0.357. The average molecular weight is 245 g/mol. The Kier molecular flexibility index (Phi) is 3.67. The number of carbonyl (C=O) groups excluding carboxylic acids is 1. The molecule has 0 bridgehead atoms. The second-order valence-corrected chi connectivity index (χ2v) is 4.49. The van der Waals surface area contributed by atoms with Crippen LogP contribution in [0.15, 0.2) is 30.5 Å². The van der Waals surface area contributed by atoms with Crippen molar-refractivity contribution in [2.24, 2.45) is 12.8 Å². The molecule has 2 N–H and O–H groups in total. The van der Waals surface area contributed by atoms with E-state index in [1.54, 1.807) is 4.90 Å². The molecule has 2 aromatic rings. The molecule has 0 saturated carbocycles. The van der Waals surface area contributed by atoms with Crippen LogP contribution in [0.4, 0.5) is 5.69 Å². The summed E-state index contributed by atoms with van der Waals surface area (Å²) in [6.07, 6.45) is 3.22. The number of nitrogens with two attached hydrogens (primary N) is 1. The van der Waals surface area contributed by atoms with Gasteiger partial charge in [-0.3, -0.25) is 4.79 Å². The zero-order chi connectivity index (χ0) is 13.1. The SMILES string of the molecule is CN(C(=O)CCCN)c1cn(C)c2ccccc12. The fourth-order valence-electron chi connectivity index (χ4n) is 2.14. The summed E-state index contributed by atoms with van der Waals surface area (Å²) in [6.45, 7) is 0.551. The fourth-order valence-corrected chi connectivity index (χ4v) is 2.14. The highest BCUT2D eigenvalue weighted by atomic mass is 16.2. The van der Waals surface area contributed by atoms with Crippen molar-refractivity contribution < 1.29 is 4.79 Å². The second-order valence-electron chi connectivity index (χ2n) is 4.49. The number of carbonyl (C=O) groups is 1. The molecular weight excluding hydrogens is 226 g/mol. The number of para-hydroxylation sites is 1. The topological polar surface area (TPSA) is 51.3 Å². The van der Waals surface area contributed by atoms with Gasteiger partial charge in [-0.15, -0.1) is 0 Å². The Labute approximate surface area is 107 Å². The van der Waals surface area contributed by atoms with Crippen LogP contribution >= 0.6 is 0 Å². The Balaban J connectivity index is 2.33. The molecule has 0 aliphatic carbocycles. The van der Waals surface area contributed by atoms with Crippen LogP contribution in [0.1, 0.15) is 12.8 Å². The molecule has 96 valence electrons. The molecule has 0 radical (unpaired) electrons. The Morgan fingerprint density at radius 1 is 1.39 bits per heavy atom. The van der Waals surface area contributed by atoms with Crippen LogP contribution in [0.2, 0.25) is 0 Å². The van der Waals surface area contributed by atoms with E-state index in [9.17, 15) is 4.79 Å². The van der Waals surface area contributed by atoms with Gasteiger partial charge in [-0.1, -0.05) is 18.2 Å². The number of benzene rings is 1. The van der Waals surface area contributed by atoms with E-state index in [2.05, 4.69) is 6.07 Å². The smallest absolute Gasteiger partial charge is 0.226 e. The van der Waals surface area contributed by atoms with Crippen LogP contribution in [-0.4, -0.2) is 24.1 Å². The van der Waals surface area contributed by atoms with Crippen LogP contribution < -0.4 is 10.6 Å². The lowest BCUT2D eigenvalue weighted by atomic mass is 10.2. The molecule has 4 heteroatoms. The van der Waals surface area contributed by atoms with E-state index < -0.39 is 0 Å². The molecule has 0 unspecified atom stereocenters. The number of hydrogen-bond donors (Lipinski definition) is 1. The highest BCUT2D eigenvalue weighted by Gasteiger charge is 2.15. The number of hydrogen-bond acceptors (Lipinski definition) is 2. The first-order valence-electron chi connectivity index (χ1n) is 6.16. The van der Waals surface area contributed by atoms with Crippen LogP contribution in [0.25, 0.3) is 10.9 Å². The minimum atomic E-state index is 0.108. The quantitative estimate of drug-likeness (QED) is 0.894. The molecule has 2 rings (SSSR count). The van der Waals surface area contributed by atoms with Gasteiger partial charge in [0.05, 0.1) is 5.69 Å². The summed E-state index contributed by atoms with van der Waals surface area (Å²) in [5, 5.41) is 1.10. The molecule has 1 amide bonds. The van der Waals surface area contributed by atoms with Gasteiger partial charge in [-0.2, -0.15) is 0 Å². The van der Waals surface area contributed by atoms with Crippen LogP contribution in [0.3, 0.4) is 0 Å². The summed E-state index contributed by atoms with van der Waals surface area (Å²) in [5.41, 5.74) is 7.52. The van der Waals surface area contributed by atoms with Gasteiger partial charge in [0.1, 0.15) is 0 Å². The van der Waals surface area contributed by atoms with Crippen molar-refractivity contribution in [2.75, 3.05) is 18.5 Å². The maximum atomic E-state index is 12.0. The molecule has 0 aliphatic heterocycles. The molecule has 18 heavy (non-hydrogen) atoms. The van der Waals surface area contributed by atoms with Gasteiger partial charge < -0.3 is 15.2 Å². The largest absolute Gasteiger partial charge is 0.348 e. The molecule has 0 aliphatic rings. The van der Waals surface area contributed by atoms with E-state index in [0.717, 1.165) is 23.0 Å². The summed E-state index contributed by atoms with van der Waals surface area (Å²) in [5.74, 6) is 0.108. The van der Waals surface area contributed by atoms with Crippen LogP contribution in [0.5, 0.6) is 0 Å². The van der Waals surface area contributed by atoms with E-state index >= 15 is 0 Å². The lowest BCUT2D eigenvalue weighted by Crippen LogP contribution is -2.26. The molecular formula is C14H19N3O. The lowest BCUT2D eigenvalue weighted by molar-refractivity contribution is -0.118. The monoisotopic (exact) mass is 245 g/mol. The molecule has 0 saturated heterocycles. The number of rotatable bonds is 4. The molecule has 4 nitrogen and oxygen atoms in total. The van der Waals surface area contributed by atoms with Crippen LogP contribution in [0, 0.1) is 0 Å². The third-order valence-electron chi connectivity index (χ3n) is 3.21. The third kappa shape index (κ3) is 2.24. The van der Waals surface area contributed by atoms with Crippen molar-refractivity contribution in [1.29, 1.82) is 0 Å². The van der Waals surface area contributed by atoms with Crippen molar-refractivity contribution in [2.45, 2.75) is 12.8 Å². The van der Waals surface area contributed by atoms with Gasteiger partial charge in [0.2, 0.25) is 5.91 Å². The molecule has 1 heterocycles. The van der Waals surface area contributed by atoms with E-state index in [0.29, 0.717) is 13.0 Å². The van der Waals surface area contributed by atoms with E-state index in [4.69, 9.17) is 5.73 Å². The lowest BCUT2D eigenvalue weighted by Gasteiger charge is -2.16. The van der Waals surface area contributed by atoms with E-state index in [1.807, 2.05) is 43.1 Å². The van der Waals surface area contributed by atoms with Gasteiger partial charge in [-0.25, -0.2) is 0 Å². The van der Waals surface area contributed by atoms with Crippen molar-refractivity contribution in [3.05, 3.63) is 30.5 Å². The number of aromatic nitrogens is 1. The molecule has 0 spiro atoms. The average Bonchev–Trinajstić information content (AvgIpc) is 2.73. The van der Waals surface area contributed by atoms with Gasteiger partial charge in [0.25, 0.3) is 0 Å². The van der Waals surface area contributed by atoms with Crippen LogP contribution in [-0.2, 0) is 11.8 Å². The Hall–Kier alpha value is -1.81. The molecule has 0 atom stereocenters. The zero-order valence-electron chi connectivity index (χ0n) is 10.9. The van der Waals surface area contributed by atoms with Gasteiger partial charge in [0, 0.05) is 37.6 Å². The predicted molar refractivity (Wildman–Crippen MR) is 74.6 cm³/mol. The standard InChI is InChI=1S/C14H19N3O/c1-16-10-13(11-6-3-4-7-12(11)16)17(2)14(18)8-5-9-15/h3-4,6-7,10H,5,8-9,15H2,1-2H3. The first kappa shape index (κ1) is 12.6. The second kappa shape index (κ2) is 5.23. The predicted octanol–water partition coefficient (Wildman–Crippen LogP) is 1.88. The normalized spacial score (nSPS) is 10.8. The maximum absolute atomic E-state index is 12.0. The van der Waals surface area contributed by atoms with Crippen molar-refractivity contribution in [3.8, 4) is 0 Å². The summed E-state index contributed by atoms with van der Waals surface area (Å²) in [4.78, 5) is 13.7. The zero-order valence-corrected chi connectivity index (χ0v) is 10.9. The minimum absolute atomic E-state index is 0.108. The number of fused-ring (bicyclic) bond motifs is 1. The van der Waals surface area contributed by atoms with Gasteiger partial charge >= 0.3 is 0 Å². The van der Waals surface area contributed by atoms with Gasteiger partial charge in [-0.05, 0) is 19.0 Å². The summed E-state index contributed by atoms with van der Waals surface area (Å²) < 4.78 is 2.04. The minimum Gasteiger partial charge on any atom is -0.348 e. The Morgan fingerprint density at radius 3 is 2.83 bits per heavy atom. The molecule has 0 fully saturated rings. The van der Waals surface area contributed by atoms with Gasteiger partial charge in [0.15, 0.2) is 0 Å². The highest BCUT2D eigenvalue weighted by molar-refractivity contribution is 6.03. The Bertz CT molecular complexity index is 559. The number of aryl methyl sites for hydroxylation is 1. The number of anilines is 1. The first-order valence-corrected chi connectivity index (χ1v) is 6.16. The van der Waals surface area contributed by atoms with Crippen molar-refractivity contribution >= 4 is 22.5 Å². The number of nitrogens with zero attached hydrogens (tertiary/aromatic N) is 2. The van der Waals surface area contributed by atoms with Crippen molar-refractivity contribution in [3.63, 3.8) is 0 Å². The Morgan fingerprint density at radius 2 is 2.11 bits per heavy atom. The van der Waals surface area contributed by atoms with E-state index in [1.165, 1.54) is 0 Å². The summed E-state index contributed by atoms with van der Waals surface area (Å²) in [6, 6.07) is 8.08. The maximum Gasteiger partial charge on any atom is 0.226 e. The number of amides is 1. The highest BCUT2D eigenvalue weighted by Crippen LogP contribution is 2.28. The summed E-state index contributed by atoms with van der Waals surface area (Å²) >= 11 is 0. The third-order valence-corrected chi connectivity index (χ3v) is 3.21.